The molecular weight excluding hydrogens is 304 g/mol. The molecule has 2 aliphatic rings. The zero-order valence-electron chi connectivity index (χ0n) is 11.6. The molecule has 0 radical (unpaired) electrons. The Morgan fingerprint density at radius 2 is 2.05 bits per heavy atom. The van der Waals surface area contributed by atoms with Crippen LogP contribution in [0.3, 0.4) is 0 Å². The largest absolute Gasteiger partial charge is 0.477 e. The summed E-state index contributed by atoms with van der Waals surface area (Å²) < 4.78 is 0. The third-order valence-electron chi connectivity index (χ3n) is 3.62. The number of hydrogen-bond acceptors (Lipinski definition) is 5. The van der Waals surface area contributed by atoms with Gasteiger partial charge in [0.2, 0.25) is 11.0 Å². The molecule has 1 fully saturated rings. The van der Waals surface area contributed by atoms with E-state index in [1.54, 1.807) is 4.90 Å². The second-order valence-electron chi connectivity index (χ2n) is 5.15. The summed E-state index contributed by atoms with van der Waals surface area (Å²) in [5.74, 6) is -1.25. The molecule has 114 valence electrons. The Hall–Kier alpha value is -2.28. The number of carbonyl (C=O) groups excluding carboxylic acids is 2. The third-order valence-corrected chi connectivity index (χ3v) is 4.79. The number of nitrogens with zero attached hydrogens (tertiary/aromatic N) is 1. The van der Waals surface area contributed by atoms with Gasteiger partial charge in [0, 0.05) is 12.6 Å². The summed E-state index contributed by atoms with van der Waals surface area (Å²) in [4.78, 5) is 36.3. The molecule has 1 saturated heterocycles. The van der Waals surface area contributed by atoms with E-state index < -0.39 is 5.97 Å². The smallest absolute Gasteiger partial charge is 0.352 e. The van der Waals surface area contributed by atoms with Crippen molar-refractivity contribution in [2.75, 3.05) is 6.54 Å². The minimum absolute atomic E-state index is 0.00214. The molecule has 2 N–H and O–H groups in total. The van der Waals surface area contributed by atoms with Crippen LogP contribution in [-0.2, 0) is 20.8 Å². The lowest BCUT2D eigenvalue weighted by atomic mass is 10.1. The number of hydrogen-bond donors (Lipinski definition) is 2. The number of rotatable bonds is 4. The standard InChI is InChI=1S/C15H14N2O4S/c18-12(6-9-4-2-1-3-5-9)16-10-8-17-11(15(20)21)7-13(19)22-14(10)17/h1-5,7,10,14H,6,8H2,(H,16,18)(H,20,21). The van der Waals surface area contributed by atoms with Gasteiger partial charge in [-0.15, -0.1) is 0 Å². The summed E-state index contributed by atoms with van der Waals surface area (Å²) >= 11 is 1.05. The van der Waals surface area contributed by atoms with Crippen LogP contribution in [0.2, 0.25) is 0 Å². The van der Waals surface area contributed by atoms with Gasteiger partial charge in [-0.3, -0.25) is 9.59 Å². The van der Waals surface area contributed by atoms with Crippen molar-refractivity contribution in [3.63, 3.8) is 0 Å². The number of carbonyl (C=O) groups is 3. The lowest BCUT2D eigenvalue weighted by molar-refractivity contribution is -0.136. The first kappa shape index (κ1) is 14.6. The summed E-state index contributed by atoms with van der Waals surface area (Å²) in [6, 6.07) is 9.15. The second kappa shape index (κ2) is 5.84. The van der Waals surface area contributed by atoms with Crippen LogP contribution in [0.15, 0.2) is 42.1 Å². The highest BCUT2D eigenvalue weighted by Crippen LogP contribution is 2.37. The minimum Gasteiger partial charge on any atom is -0.477 e. The van der Waals surface area contributed by atoms with E-state index >= 15 is 0 Å². The summed E-state index contributed by atoms with van der Waals surface area (Å²) in [6.07, 6.45) is 1.40. The normalized spacial score (nSPS) is 23.2. The number of nitrogens with one attached hydrogen (secondary N) is 1. The monoisotopic (exact) mass is 318 g/mol. The number of thioether (sulfide) groups is 1. The van der Waals surface area contributed by atoms with Crippen LogP contribution in [0.1, 0.15) is 5.56 Å². The molecule has 0 saturated carbocycles. The Labute approximate surface area is 131 Å². The Balaban J connectivity index is 1.60. The van der Waals surface area contributed by atoms with Gasteiger partial charge in [-0.05, 0) is 5.56 Å². The highest BCUT2D eigenvalue weighted by molar-refractivity contribution is 8.14. The number of carboxylic acid groups (broad SMARTS) is 1. The molecule has 0 bridgehead atoms. The van der Waals surface area contributed by atoms with Gasteiger partial charge in [-0.1, -0.05) is 42.1 Å². The molecule has 1 amide bonds. The molecule has 0 spiro atoms. The molecule has 6 nitrogen and oxygen atoms in total. The lowest BCUT2D eigenvalue weighted by Gasteiger charge is -2.50. The first-order valence-corrected chi connectivity index (χ1v) is 7.68. The average molecular weight is 318 g/mol. The quantitative estimate of drug-likeness (QED) is 0.845. The third kappa shape index (κ3) is 2.85. The van der Waals surface area contributed by atoms with Crippen LogP contribution in [-0.4, -0.2) is 45.0 Å². The Kier molecular flexibility index (Phi) is 3.89. The van der Waals surface area contributed by atoms with Gasteiger partial charge in [-0.2, -0.15) is 0 Å². The van der Waals surface area contributed by atoms with E-state index in [2.05, 4.69) is 5.32 Å². The predicted molar refractivity (Wildman–Crippen MR) is 80.9 cm³/mol. The van der Waals surface area contributed by atoms with Crippen LogP contribution >= 0.6 is 11.8 Å². The number of carboxylic acids is 1. The summed E-state index contributed by atoms with van der Waals surface area (Å²) in [6.45, 7) is 0.406. The first-order chi connectivity index (χ1) is 10.5. The average Bonchev–Trinajstić information content (AvgIpc) is 2.47. The molecule has 3 rings (SSSR count). The van der Waals surface area contributed by atoms with Crippen molar-refractivity contribution in [3.8, 4) is 0 Å². The van der Waals surface area contributed by atoms with E-state index in [0.717, 1.165) is 23.4 Å². The van der Waals surface area contributed by atoms with Gasteiger partial charge in [0.05, 0.1) is 12.5 Å². The van der Waals surface area contributed by atoms with Crippen LogP contribution in [0, 0.1) is 0 Å². The fraction of sp³-hybridized carbons (Fsp3) is 0.267. The topological polar surface area (TPSA) is 86.7 Å². The van der Waals surface area contributed by atoms with Gasteiger partial charge in [0.1, 0.15) is 11.1 Å². The second-order valence-corrected chi connectivity index (χ2v) is 6.27. The molecule has 2 atom stereocenters. The fourth-order valence-corrected chi connectivity index (χ4v) is 3.62. The molecule has 2 aliphatic heterocycles. The maximum Gasteiger partial charge on any atom is 0.352 e. The number of benzene rings is 1. The van der Waals surface area contributed by atoms with Crippen molar-refractivity contribution in [2.24, 2.45) is 0 Å². The Morgan fingerprint density at radius 3 is 2.73 bits per heavy atom. The van der Waals surface area contributed by atoms with Crippen LogP contribution in [0.4, 0.5) is 0 Å². The zero-order chi connectivity index (χ0) is 15.7. The molecule has 2 unspecified atom stereocenters. The van der Waals surface area contributed by atoms with Gasteiger partial charge in [-0.25, -0.2) is 4.79 Å². The molecular formula is C15H14N2O4S. The Bertz CT molecular complexity index is 659. The molecule has 7 heteroatoms. The van der Waals surface area contributed by atoms with Crippen LogP contribution in [0.5, 0.6) is 0 Å². The van der Waals surface area contributed by atoms with E-state index in [9.17, 15) is 14.4 Å². The molecule has 22 heavy (non-hydrogen) atoms. The molecule has 1 aromatic carbocycles. The fourth-order valence-electron chi connectivity index (χ4n) is 2.55. The SMILES string of the molecule is O=C(Cc1ccccc1)NC1CN2C(C(=O)O)=CC(=O)SC12. The van der Waals surface area contributed by atoms with Crippen molar-refractivity contribution in [3.05, 3.63) is 47.7 Å². The highest BCUT2D eigenvalue weighted by atomic mass is 32.2. The maximum atomic E-state index is 12.0. The van der Waals surface area contributed by atoms with Crippen molar-refractivity contribution < 1.29 is 19.5 Å². The summed E-state index contributed by atoms with van der Waals surface area (Å²) in [5, 5.41) is 11.3. The number of amides is 1. The zero-order valence-corrected chi connectivity index (χ0v) is 12.4. The van der Waals surface area contributed by atoms with Gasteiger partial charge in [0.25, 0.3) is 0 Å². The number of fused-ring (bicyclic) bond motifs is 1. The Morgan fingerprint density at radius 1 is 1.32 bits per heavy atom. The van der Waals surface area contributed by atoms with Crippen molar-refractivity contribution in [1.29, 1.82) is 0 Å². The van der Waals surface area contributed by atoms with E-state index in [1.807, 2.05) is 30.3 Å². The molecule has 0 aliphatic carbocycles. The predicted octanol–water partition coefficient (Wildman–Crippen LogP) is 0.597. The van der Waals surface area contributed by atoms with E-state index in [1.165, 1.54) is 0 Å². The first-order valence-electron chi connectivity index (χ1n) is 6.80. The van der Waals surface area contributed by atoms with Gasteiger partial charge >= 0.3 is 5.97 Å². The van der Waals surface area contributed by atoms with Crippen LogP contribution < -0.4 is 5.32 Å². The minimum atomic E-state index is -1.12. The summed E-state index contributed by atoms with van der Waals surface area (Å²) in [7, 11) is 0. The molecule has 2 heterocycles. The van der Waals surface area contributed by atoms with E-state index in [-0.39, 0.29) is 34.6 Å². The van der Waals surface area contributed by atoms with E-state index in [4.69, 9.17) is 5.11 Å². The molecule has 1 aromatic rings. The highest BCUT2D eigenvalue weighted by Gasteiger charge is 2.46. The van der Waals surface area contributed by atoms with Gasteiger partial charge < -0.3 is 15.3 Å². The van der Waals surface area contributed by atoms with Crippen molar-refractivity contribution in [2.45, 2.75) is 17.8 Å². The molecule has 0 aromatic heterocycles. The van der Waals surface area contributed by atoms with Crippen molar-refractivity contribution in [1.82, 2.24) is 10.2 Å². The van der Waals surface area contributed by atoms with Gasteiger partial charge in [0.15, 0.2) is 0 Å². The summed E-state index contributed by atoms with van der Waals surface area (Å²) in [5.41, 5.74) is 0.914. The van der Waals surface area contributed by atoms with Crippen molar-refractivity contribution >= 4 is 28.8 Å². The maximum absolute atomic E-state index is 12.0. The number of aliphatic carboxylic acids is 1. The van der Waals surface area contributed by atoms with E-state index in [0.29, 0.717) is 6.54 Å². The lowest BCUT2D eigenvalue weighted by Crippen LogP contribution is -2.66. The van der Waals surface area contributed by atoms with Crippen LogP contribution in [0.25, 0.3) is 0 Å².